The van der Waals surface area contributed by atoms with Crippen LogP contribution >= 0.6 is 0 Å². The highest BCUT2D eigenvalue weighted by atomic mass is 19.1. The number of benzene rings is 1. The number of hydrogen-bond donors (Lipinski definition) is 2. The summed E-state index contributed by atoms with van der Waals surface area (Å²) < 4.78 is 13.1. The minimum absolute atomic E-state index is 0.00745. The van der Waals surface area contributed by atoms with E-state index in [9.17, 15) is 14.5 Å². The molecular weight excluding hydrogens is 213 g/mol. The zero-order valence-corrected chi connectivity index (χ0v) is 8.57. The van der Waals surface area contributed by atoms with Gasteiger partial charge in [0.25, 0.3) is 0 Å². The average Bonchev–Trinajstić information content (AvgIpc) is 2.30. The lowest BCUT2D eigenvalue weighted by Gasteiger charge is -2.24. The lowest BCUT2D eigenvalue weighted by atomic mass is 10.0. The van der Waals surface area contributed by atoms with E-state index >= 15 is 0 Å². The van der Waals surface area contributed by atoms with Crippen molar-refractivity contribution in [1.82, 2.24) is 10.6 Å². The third-order valence-corrected chi connectivity index (χ3v) is 2.61. The first kappa shape index (κ1) is 11.0. The molecule has 1 heterocycles. The van der Waals surface area contributed by atoms with Crippen LogP contribution in [0, 0.1) is 15.9 Å². The number of piperazine rings is 1. The Labute approximate surface area is 91.8 Å². The van der Waals surface area contributed by atoms with Crippen molar-refractivity contribution in [2.24, 2.45) is 0 Å². The molecule has 0 aliphatic carbocycles. The molecule has 86 valence electrons. The molecular formula is C10H12FN3O2. The highest BCUT2D eigenvalue weighted by Crippen LogP contribution is 2.22. The molecule has 2 N–H and O–H groups in total. The molecule has 0 saturated carbocycles. The average molecular weight is 225 g/mol. The van der Waals surface area contributed by atoms with Gasteiger partial charge >= 0.3 is 5.69 Å². The van der Waals surface area contributed by atoms with Gasteiger partial charge in [0.2, 0.25) is 5.82 Å². The molecule has 1 saturated heterocycles. The van der Waals surface area contributed by atoms with Crippen molar-refractivity contribution < 1.29 is 9.31 Å². The van der Waals surface area contributed by atoms with E-state index in [0.29, 0.717) is 6.54 Å². The summed E-state index contributed by atoms with van der Waals surface area (Å²) in [5.41, 5.74) is 0.269. The van der Waals surface area contributed by atoms with E-state index in [1.807, 2.05) is 0 Å². The molecule has 0 unspecified atom stereocenters. The fourth-order valence-corrected chi connectivity index (χ4v) is 1.78. The van der Waals surface area contributed by atoms with Crippen LogP contribution in [0.15, 0.2) is 18.2 Å². The predicted octanol–water partition coefficient (Wildman–Crippen LogP) is 0.968. The van der Waals surface area contributed by atoms with Gasteiger partial charge < -0.3 is 10.6 Å². The zero-order chi connectivity index (χ0) is 11.5. The van der Waals surface area contributed by atoms with Crippen molar-refractivity contribution >= 4 is 5.69 Å². The summed E-state index contributed by atoms with van der Waals surface area (Å²) in [4.78, 5) is 9.89. The lowest BCUT2D eigenvalue weighted by Crippen LogP contribution is -2.42. The molecule has 6 heteroatoms. The molecule has 1 aliphatic rings. The van der Waals surface area contributed by atoms with Crippen molar-refractivity contribution in [2.45, 2.75) is 6.04 Å². The maximum Gasteiger partial charge on any atom is 0.305 e. The Morgan fingerprint density at radius 2 is 2.25 bits per heavy atom. The van der Waals surface area contributed by atoms with Crippen molar-refractivity contribution in [2.75, 3.05) is 19.6 Å². The van der Waals surface area contributed by atoms with E-state index in [1.165, 1.54) is 6.07 Å². The molecule has 0 bridgehead atoms. The van der Waals surface area contributed by atoms with Gasteiger partial charge in [-0.25, -0.2) is 0 Å². The van der Waals surface area contributed by atoms with Crippen LogP contribution in [0.2, 0.25) is 0 Å². The molecule has 0 aromatic heterocycles. The number of nitrogens with one attached hydrogen (secondary N) is 2. The van der Waals surface area contributed by atoms with Gasteiger partial charge in [-0.3, -0.25) is 10.1 Å². The first-order valence-corrected chi connectivity index (χ1v) is 5.06. The first-order chi connectivity index (χ1) is 7.68. The van der Waals surface area contributed by atoms with Gasteiger partial charge in [-0.1, -0.05) is 6.07 Å². The number of hydrogen-bond acceptors (Lipinski definition) is 4. The Bertz CT molecular complexity index is 405. The molecule has 0 amide bonds. The van der Waals surface area contributed by atoms with E-state index in [0.717, 1.165) is 24.7 Å². The van der Waals surface area contributed by atoms with Gasteiger partial charge in [-0.2, -0.15) is 4.39 Å². The van der Waals surface area contributed by atoms with E-state index in [1.54, 1.807) is 6.07 Å². The molecule has 1 fully saturated rings. The standard InChI is InChI=1S/C10H12FN3O2/c11-8-2-1-7(5-10(8)14(15)16)9-6-12-3-4-13-9/h1-2,5,9,12-13H,3-4,6H2/t9-/m1/s1. The van der Waals surface area contributed by atoms with Gasteiger partial charge in [0.05, 0.1) is 4.92 Å². The topological polar surface area (TPSA) is 67.2 Å². The number of nitrogens with zero attached hydrogens (tertiary/aromatic N) is 1. The Kier molecular flexibility index (Phi) is 3.12. The van der Waals surface area contributed by atoms with Crippen molar-refractivity contribution in [3.8, 4) is 0 Å². The Balaban J connectivity index is 2.27. The largest absolute Gasteiger partial charge is 0.314 e. The third-order valence-electron chi connectivity index (χ3n) is 2.61. The molecule has 0 spiro atoms. The van der Waals surface area contributed by atoms with Crippen LogP contribution in [-0.2, 0) is 0 Å². The van der Waals surface area contributed by atoms with Gasteiger partial charge in [-0.05, 0) is 11.6 Å². The first-order valence-electron chi connectivity index (χ1n) is 5.06. The number of halogens is 1. The molecule has 1 aliphatic heterocycles. The van der Waals surface area contributed by atoms with Gasteiger partial charge in [0.1, 0.15) is 0 Å². The Morgan fingerprint density at radius 3 is 2.88 bits per heavy atom. The summed E-state index contributed by atoms with van der Waals surface area (Å²) in [6.45, 7) is 2.37. The van der Waals surface area contributed by atoms with Crippen LogP contribution in [0.5, 0.6) is 0 Å². The number of nitro benzene ring substituents is 1. The van der Waals surface area contributed by atoms with Gasteiger partial charge in [-0.15, -0.1) is 0 Å². The maximum absolute atomic E-state index is 13.1. The van der Waals surface area contributed by atoms with E-state index in [-0.39, 0.29) is 6.04 Å². The van der Waals surface area contributed by atoms with Crippen molar-refractivity contribution in [3.63, 3.8) is 0 Å². The zero-order valence-electron chi connectivity index (χ0n) is 8.57. The van der Waals surface area contributed by atoms with E-state index in [4.69, 9.17) is 0 Å². The Morgan fingerprint density at radius 1 is 1.44 bits per heavy atom. The normalized spacial score (nSPS) is 20.7. The molecule has 0 radical (unpaired) electrons. The molecule has 16 heavy (non-hydrogen) atoms. The van der Waals surface area contributed by atoms with E-state index in [2.05, 4.69) is 10.6 Å². The van der Waals surface area contributed by atoms with Gasteiger partial charge in [0, 0.05) is 31.7 Å². The molecule has 2 rings (SSSR count). The summed E-state index contributed by atoms with van der Waals surface area (Å²) in [6.07, 6.45) is 0. The van der Waals surface area contributed by atoms with Crippen LogP contribution in [-0.4, -0.2) is 24.6 Å². The minimum atomic E-state index is -0.794. The second-order valence-corrected chi connectivity index (χ2v) is 3.68. The van der Waals surface area contributed by atoms with Gasteiger partial charge in [0.15, 0.2) is 0 Å². The SMILES string of the molecule is O=[N+]([O-])c1cc([C@H]2CNCCN2)ccc1F. The summed E-state index contributed by atoms with van der Waals surface area (Å²) >= 11 is 0. The molecule has 1 atom stereocenters. The lowest BCUT2D eigenvalue weighted by molar-refractivity contribution is -0.387. The fourth-order valence-electron chi connectivity index (χ4n) is 1.78. The monoisotopic (exact) mass is 225 g/mol. The minimum Gasteiger partial charge on any atom is -0.314 e. The van der Waals surface area contributed by atoms with Crippen LogP contribution < -0.4 is 10.6 Å². The van der Waals surface area contributed by atoms with Crippen LogP contribution in [0.1, 0.15) is 11.6 Å². The van der Waals surface area contributed by atoms with Crippen LogP contribution in [0.4, 0.5) is 10.1 Å². The highest BCUT2D eigenvalue weighted by molar-refractivity contribution is 5.37. The van der Waals surface area contributed by atoms with Crippen LogP contribution in [0.3, 0.4) is 0 Å². The second kappa shape index (κ2) is 4.54. The van der Waals surface area contributed by atoms with Crippen molar-refractivity contribution in [3.05, 3.63) is 39.7 Å². The number of nitro groups is 1. The molecule has 1 aromatic rings. The highest BCUT2D eigenvalue weighted by Gasteiger charge is 2.20. The fraction of sp³-hybridized carbons (Fsp3) is 0.400. The maximum atomic E-state index is 13.1. The Hall–Kier alpha value is -1.53. The smallest absolute Gasteiger partial charge is 0.305 e. The molecule has 5 nitrogen and oxygen atoms in total. The quantitative estimate of drug-likeness (QED) is 0.581. The summed E-state index contributed by atoms with van der Waals surface area (Å²) in [7, 11) is 0. The summed E-state index contributed by atoms with van der Waals surface area (Å²) in [5.74, 6) is -0.794. The summed E-state index contributed by atoms with van der Waals surface area (Å²) in [5, 5.41) is 17.0. The predicted molar refractivity (Wildman–Crippen MR) is 56.7 cm³/mol. The summed E-state index contributed by atoms with van der Waals surface area (Å²) in [6, 6.07) is 4.02. The molecule has 1 aromatic carbocycles. The number of rotatable bonds is 2. The van der Waals surface area contributed by atoms with Crippen LogP contribution in [0.25, 0.3) is 0 Å². The second-order valence-electron chi connectivity index (χ2n) is 3.68. The van der Waals surface area contributed by atoms with Crippen molar-refractivity contribution in [1.29, 1.82) is 0 Å². The van der Waals surface area contributed by atoms with E-state index < -0.39 is 16.4 Å². The third kappa shape index (κ3) is 2.17.